The SMILES string of the molecule is Cc1cc(NC(=O)C(=O)Nc2ccc(N3CCO[C@@H](C)C3)cc2)no1. The smallest absolute Gasteiger partial charge is 0.315 e. The van der Waals surface area contributed by atoms with Gasteiger partial charge >= 0.3 is 11.8 Å². The van der Waals surface area contributed by atoms with Crippen LogP contribution in [-0.2, 0) is 14.3 Å². The Bertz CT molecular complexity index is 756. The molecule has 8 nitrogen and oxygen atoms in total. The Hall–Kier alpha value is -2.87. The summed E-state index contributed by atoms with van der Waals surface area (Å²) in [5.41, 5.74) is 1.59. The van der Waals surface area contributed by atoms with Gasteiger partial charge in [-0.25, -0.2) is 0 Å². The second-order valence-corrected chi connectivity index (χ2v) is 5.91. The van der Waals surface area contributed by atoms with Crippen LogP contribution < -0.4 is 15.5 Å². The quantitative estimate of drug-likeness (QED) is 0.824. The molecular formula is C17H20N4O4. The van der Waals surface area contributed by atoms with E-state index in [0.29, 0.717) is 18.1 Å². The van der Waals surface area contributed by atoms with E-state index in [1.54, 1.807) is 19.1 Å². The number of hydrogen-bond donors (Lipinski definition) is 2. The van der Waals surface area contributed by atoms with E-state index in [0.717, 1.165) is 18.8 Å². The molecule has 0 saturated carbocycles. The van der Waals surface area contributed by atoms with Gasteiger partial charge in [0.2, 0.25) is 0 Å². The number of carbonyl (C=O) groups is 2. The van der Waals surface area contributed by atoms with Crippen molar-refractivity contribution in [2.24, 2.45) is 0 Å². The summed E-state index contributed by atoms with van der Waals surface area (Å²) in [6.07, 6.45) is 0.192. The van der Waals surface area contributed by atoms with Gasteiger partial charge in [0.05, 0.1) is 12.7 Å². The Kier molecular flexibility index (Phi) is 4.99. The summed E-state index contributed by atoms with van der Waals surface area (Å²) in [5, 5.41) is 8.54. The van der Waals surface area contributed by atoms with Crippen LogP contribution in [0.15, 0.2) is 34.9 Å². The first kappa shape index (κ1) is 17.0. The molecule has 2 N–H and O–H groups in total. The topological polar surface area (TPSA) is 96.7 Å². The molecule has 1 aromatic carbocycles. The fraction of sp³-hybridized carbons (Fsp3) is 0.353. The number of rotatable bonds is 3. The van der Waals surface area contributed by atoms with Crippen LogP contribution in [0.4, 0.5) is 17.2 Å². The van der Waals surface area contributed by atoms with Gasteiger partial charge in [0.15, 0.2) is 5.82 Å². The number of ether oxygens (including phenoxy) is 1. The predicted molar refractivity (Wildman–Crippen MR) is 92.6 cm³/mol. The van der Waals surface area contributed by atoms with Gasteiger partial charge in [-0.2, -0.15) is 0 Å². The van der Waals surface area contributed by atoms with E-state index in [9.17, 15) is 9.59 Å². The molecule has 2 aromatic rings. The van der Waals surface area contributed by atoms with Crippen LogP contribution in [0.25, 0.3) is 0 Å². The van der Waals surface area contributed by atoms with Gasteiger partial charge in [-0.15, -0.1) is 0 Å². The van der Waals surface area contributed by atoms with E-state index < -0.39 is 11.8 Å². The van der Waals surface area contributed by atoms with Crippen molar-refractivity contribution in [3.63, 3.8) is 0 Å². The number of nitrogens with one attached hydrogen (secondary N) is 2. The summed E-state index contributed by atoms with van der Waals surface area (Å²) >= 11 is 0. The zero-order chi connectivity index (χ0) is 17.8. The molecule has 0 radical (unpaired) electrons. The number of hydrogen-bond acceptors (Lipinski definition) is 6. The van der Waals surface area contributed by atoms with Crippen LogP contribution in [0.1, 0.15) is 12.7 Å². The fourth-order valence-electron chi connectivity index (χ4n) is 2.59. The Labute approximate surface area is 145 Å². The lowest BCUT2D eigenvalue weighted by atomic mass is 10.2. The van der Waals surface area contributed by atoms with Gasteiger partial charge in [0.1, 0.15) is 5.76 Å². The normalized spacial score (nSPS) is 17.2. The summed E-state index contributed by atoms with van der Waals surface area (Å²) in [6.45, 7) is 6.08. The third-order valence-electron chi connectivity index (χ3n) is 3.81. The van der Waals surface area contributed by atoms with Gasteiger partial charge in [-0.3, -0.25) is 14.9 Å². The van der Waals surface area contributed by atoms with E-state index >= 15 is 0 Å². The average Bonchev–Trinajstić information content (AvgIpc) is 3.00. The lowest BCUT2D eigenvalue weighted by Crippen LogP contribution is -2.41. The van der Waals surface area contributed by atoms with Crippen LogP contribution in [-0.4, -0.2) is 42.8 Å². The molecule has 8 heteroatoms. The lowest BCUT2D eigenvalue weighted by Gasteiger charge is -2.33. The highest BCUT2D eigenvalue weighted by molar-refractivity contribution is 6.43. The molecule has 1 aromatic heterocycles. The monoisotopic (exact) mass is 344 g/mol. The highest BCUT2D eigenvalue weighted by Gasteiger charge is 2.18. The van der Waals surface area contributed by atoms with Crippen molar-refractivity contribution in [1.82, 2.24) is 5.16 Å². The van der Waals surface area contributed by atoms with Gasteiger partial charge < -0.3 is 19.5 Å². The zero-order valence-electron chi connectivity index (χ0n) is 14.1. The first-order chi connectivity index (χ1) is 12.0. The van der Waals surface area contributed by atoms with Gasteiger partial charge in [0.25, 0.3) is 0 Å². The highest BCUT2D eigenvalue weighted by atomic mass is 16.5. The molecule has 2 heterocycles. The van der Waals surface area contributed by atoms with Crippen LogP contribution >= 0.6 is 0 Å². The standard InChI is InChI=1S/C17H20N4O4/c1-11-9-15(20-25-11)19-17(23)16(22)18-13-3-5-14(6-4-13)21-7-8-24-12(2)10-21/h3-6,9,12H,7-8,10H2,1-2H3,(H,18,22)(H,19,20,23)/t12-/m0/s1. The van der Waals surface area contributed by atoms with Crippen LogP contribution in [0.3, 0.4) is 0 Å². The van der Waals surface area contributed by atoms with Crippen molar-refractivity contribution in [2.75, 3.05) is 35.2 Å². The Morgan fingerprint density at radius 1 is 1.20 bits per heavy atom. The minimum absolute atomic E-state index is 0.192. The van der Waals surface area contributed by atoms with Crippen molar-refractivity contribution in [2.45, 2.75) is 20.0 Å². The number of carbonyl (C=O) groups excluding carboxylic acids is 2. The fourth-order valence-corrected chi connectivity index (χ4v) is 2.59. The Balaban J connectivity index is 1.57. The lowest BCUT2D eigenvalue weighted by molar-refractivity contribution is -0.133. The highest BCUT2D eigenvalue weighted by Crippen LogP contribution is 2.20. The van der Waals surface area contributed by atoms with E-state index in [4.69, 9.17) is 9.26 Å². The van der Waals surface area contributed by atoms with E-state index in [1.165, 1.54) is 6.07 Å². The Morgan fingerprint density at radius 3 is 2.56 bits per heavy atom. The van der Waals surface area contributed by atoms with Crippen LogP contribution in [0.5, 0.6) is 0 Å². The Morgan fingerprint density at radius 2 is 1.92 bits per heavy atom. The van der Waals surface area contributed by atoms with Crippen molar-refractivity contribution in [3.8, 4) is 0 Å². The predicted octanol–water partition coefficient (Wildman–Crippen LogP) is 1.79. The number of benzene rings is 1. The molecule has 1 atom stereocenters. The number of nitrogens with zero attached hydrogens (tertiary/aromatic N) is 2. The molecule has 1 saturated heterocycles. The molecule has 132 valence electrons. The van der Waals surface area contributed by atoms with Crippen LogP contribution in [0, 0.1) is 6.92 Å². The summed E-state index contributed by atoms with van der Waals surface area (Å²) in [7, 11) is 0. The molecule has 0 bridgehead atoms. The van der Waals surface area contributed by atoms with Gasteiger partial charge in [-0.05, 0) is 38.1 Å². The second-order valence-electron chi connectivity index (χ2n) is 5.91. The van der Waals surface area contributed by atoms with Crippen molar-refractivity contribution < 1.29 is 18.8 Å². The molecule has 1 fully saturated rings. The first-order valence-electron chi connectivity index (χ1n) is 8.03. The molecule has 25 heavy (non-hydrogen) atoms. The van der Waals surface area contributed by atoms with E-state index in [1.807, 2.05) is 19.1 Å². The number of aryl methyl sites for hydroxylation is 1. The molecule has 3 rings (SSSR count). The number of anilines is 3. The number of amides is 2. The summed E-state index contributed by atoms with van der Waals surface area (Å²) < 4.78 is 10.4. The maximum atomic E-state index is 11.9. The molecule has 0 aliphatic carbocycles. The molecule has 1 aliphatic rings. The molecule has 0 unspecified atom stereocenters. The van der Waals surface area contributed by atoms with E-state index in [2.05, 4.69) is 20.7 Å². The average molecular weight is 344 g/mol. The summed E-state index contributed by atoms with van der Waals surface area (Å²) in [4.78, 5) is 26.0. The minimum Gasteiger partial charge on any atom is -0.375 e. The summed E-state index contributed by atoms with van der Waals surface area (Å²) in [5.74, 6) is -0.828. The van der Waals surface area contributed by atoms with Crippen molar-refractivity contribution in [3.05, 3.63) is 36.1 Å². The van der Waals surface area contributed by atoms with Gasteiger partial charge in [0, 0.05) is 30.5 Å². The molecule has 2 amide bonds. The second kappa shape index (κ2) is 7.35. The van der Waals surface area contributed by atoms with Crippen molar-refractivity contribution in [1.29, 1.82) is 0 Å². The number of aromatic nitrogens is 1. The largest absolute Gasteiger partial charge is 0.375 e. The third kappa shape index (κ3) is 4.36. The first-order valence-corrected chi connectivity index (χ1v) is 8.03. The number of morpholine rings is 1. The summed E-state index contributed by atoms with van der Waals surface area (Å²) in [6, 6.07) is 8.88. The molecular weight excluding hydrogens is 324 g/mol. The van der Waals surface area contributed by atoms with E-state index in [-0.39, 0.29) is 11.9 Å². The maximum Gasteiger partial charge on any atom is 0.315 e. The molecule has 1 aliphatic heterocycles. The minimum atomic E-state index is -0.806. The molecule has 0 spiro atoms. The van der Waals surface area contributed by atoms with Crippen molar-refractivity contribution >= 4 is 29.0 Å². The van der Waals surface area contributed by atoms with Crippen LogP contribution in [0.2, 0.25) is 0 Å². The maximum absolute atomic E-state index is 11.9. The third-order valence-corrected chi connectivity index (χ3v) is 3.81. The zero-order valence-corrected chi connectivity index (χ0v) is 14.1. The van der Waals surface area contributed by atoms with Gasteiger partial charge in [-0.1, -0.05) is 5.16 Å².